The Balaban J connectivity index is 1.70. The van der Waals surface area contributed by atoms with Crippen molar-refractivity contribution in [1.82, 2.24) is 4.98 Å². The number of alkyl halides is 1. The van der Waals surface area contributed by atoms with Gasteiger partial charge in [0.1, 0.15) is 12.0 Å². The Morgan fingerprint density at radius 3 is 2.89 bits per heavy atom. The summed E-state index contributed by atoms with van der Waals surface area (Å²) < 4.78 is 13.0. The number of hydrogen-bond acceptors (Lipinski definition) is 2. The lowest BCUT2D eigenvalue weighted by Crippen LogP contribution is -2.18. The van der Waals surface area contributed by atoms with E-state index in [-0.39, 0.29) is 5.91 Å². The van der Waals surface area contributed by atoms with Gasteiger partial charge in [0.2, 0.25) is 5.91 Å². The van der Waals surface area contributed by atoms with Gasteiger partial charge < -0.3 is 5.32 Å². The van der Waals surface area contributed by atoms with Gasteiger partial charge in [0, 0.05) is 11.8 Å². The molecule has 1 aromatic rings. The summed E-state index contributed by atoms with van der Waals surface area (Å²) in [7, 11) is 0.640. The SMILES string of the molecule is C/C=C(C1=Cc2cnc(NC(=O)C3CC3F)cc2PC1)\C(C)=C/CCCCC. The number of aromatic nitrogens is 1. The van der Waals surface area contributed by atoms with Crippen LogP contribution in [0.4, 0.5) is 10.2 Å². The average molecular weight is 400 g/mol. The zero-order valence-electron chi connectivity index (χ0n) is 17.0. The summed E-state index contributed by atoms with van der Waals surface area (Å²) in [6, 6.07) is 1.94. The Kier molecular flexibility index (Phi) is 7.18. The lowest BCUT2D eigenvalue weighted by Gasteiger charge is -2.20. The van der Waals surface area contributed by atoms with E-state index in [4.69, 9.17) is 0 Å². The van der Waals surface area contributed by atoms with Crippen molar-refractivity contribution in [1.29, 1.82) is 0 Å². The highest BCUT2D eigenvalue weighted by Crippen LogP contribution is 2.35. The number of carbonyl (C=O) groups excluding carboxylic acids is 1. The molecule has 3 unspecified atom stereocenters. The van der Waals surface area contributed by atoms with Crippen molar-refractivity contribution in [3.8, 4) is 0 Å². The summed E-state index contributed by atoms with van der Waals surface area (Å²) in [6.45, 7) is 6.53. The molecule has 0 radical (unpaired) electrons. The van der Waals surface area contributed by atoms with Crippen LogP contribution < -0.4 is 10.6 Å². The number of amides is 1. The number of halogens is 1. The largest absolute Gasteiger partial charge is 0.310 e. The summed E-state index contributed by atoms with van der Waals surface area (Å²) >= 11 is 0. The van der Waals surface area contributed by atoms with Crippen LogP contribution in [0.2, 0.25) is 0 Å². The Morgan fingerprint density at radius 2 is 2.21 bits per heavy atom. The molecule has 1 saturated carbocycles. The van der Waals surface area contributed by atoms with Crippen LogP contribution in [-0.2, 0) is 4.79 Å². The minimum Gasteiger partial charge on any atom is -0.310 e. The third kappa shape index (κ3) is 5.17. The first kappa shape index (κ1) is 20.9. The molecule has 0 spiro atoms. The predicted octanol–water partition coefficient (Wildman–Crippen LogP) is 5.55. The van der Waals surface area contributed by atoms with Crippen molar-refractivity contribution in [2.45, 2.75) is 59.0 Å². The number of pyridine rings is 1. The molecule has 5 heteroatoms. The van der Waals surface area contributed by atoms with Crippen molar-refractivity contribution >= 4 is 31.7 Å². The molecule has 0 saturated heterocycles. The van der Waals surface area contributed by atoms with E-state index in [1.807, 2.05) is 12.3 Å². The van der Waals surface area contributed by atoms with Gasteiger partial charge >= 0.3 is 0 Å². The molecule has 2 aliphatic rings. The number of fused-ring (bicyclic) bond motifs is 1. The molecule has 1 aliphatic carbocycles. The lowest BCUT2D eigenvalue weighted by atomic mass is 9.96. The first-order valence-corrected chi connectivity index (χ1v) is 11.5. The standard InChI is InChI=1S/C23H30FN2OP/c1-4-6-7-8-9-15(3)18(5-2)17-10-16-13-25-22(12-21(16)28-14-17)26-23(27)19-11-20(19)24/h5,9-10,12-13,19-20,28H,4,6-8,11,14H2,1-3H3,(H,25,26,27)/b15-9-,18-5+. The molecular weight excluding hydrogens is 370 g/mol. The molecule has 0 aromatic carbocycles. The van der Waals surface area contributed by atoms with Crippen molar-refractivity contribution in [2.75, 3.05) is 11.5 Å². The Labute approximate surface area is 169 Å². The monoisotopic (exact) mass is 400 g/mol. The Bertz CT molecular complexity index is 828. The van der Waals surface area contributed by atoms with Gasteiger partial charge in [-0.05, 0) is 73.4 Å². The van der Waals surface area contributed by atoms with Crippen molar-refractivity contribution in [2.24, 2.45) is 5.92 Å². The van der Waals surface area contributed by atoms with Crippen LogP contribution in [0.5, 0.6) is 0 Å². The Morgan fingerprint density at radius 1 is 1.43 bits per heavy atom. The van der Waals surface area contributed by atoms with E-state index >= 15 is 0 Å². The van der Waals surface area contributed by atoms with Crippen LogP contribution in [0.1, 0.15) is 58.4 Å². The van der Waals surface area contributed by atoms with Crippen LogP contribution in [0.3, 0.4) is 0 Å². The molecule has 1 aliphatic heterocycles. The lowest BCUT2D eigenvalue weighted by molar-refractivity contribution is -0.117. The molecule has 28 heavy (non-hydrogen) atoms. The highest BCUT2D eigenvalue weighted by Gasteiger charge is 2.43. The molecule has 3 nitrogen and oxygen atoms in total. The Hall–Kier alpha value is -1.80. The molecule has 3 rings (SSSR count). The minimum absolute atomic E-state index is 0.254. The number of carbonyl (C=O) groups is 1. The van der Waals surface area contributed by atoms with Gasteiger partial charge in [0.05, 0.1) is 5.92 Å². The second kappa shape index (κ2) is 9.60. The maximum atomic E-state index is 13.0. The average Bonchev–Trinajstić information content (AvgIpc) is 3.43. The van der Waals surface area contributed by atoms with Crippen molar-refractivity contribution in [3.05, 3.63) is 46.7 Å². The third-order valence-electron chi connectivity index (χ3n) is 5.35. The second-order valence-electron chi connectivity index (χ2n) is 7.61. The second-order valence-corrected chi connectivity index (χ2v) is 8.86. The number of allylic oxidation sites excluding steroid dienone is 5. The fourth-order valence-corrected chi connectivity index (χ4v) is 4.80. The molecule has 1 fully saturated rings. The van der Waals surface area contributed by atoms with Gasteiger partial charge in [-0.25, -0.2) is 9.37 Å². The quantitative estimate of drug-likeness (QED) is 0.353. The van der Waals surface area contributed by atoms with Gasteiger partial charge in [-0.1, -0.05) is 40.5 Å². The number of unbranched alkanes of at least 4 members (excludes halogenated alkanes) is 3. The number of rotatable bonds is 8. The minimum atomic E-state index is -0.984. The molecule has 0 bridgehead atoms. The fraction of sp³-hybridized carbons (Fsp3) is 0.478. The normalized spacial score (nSPS) is 22.6. The first-order chi connectivity index (χ1) is 13.5. The topological polar surface area (TPSA) is 42.0 Å². The van der Waals surface area contributed by atoms with Gasteiger partial charge in [0.25, 0.3) is 0 Å². The van der Waals surface area contributed by atoms with Gasteiger partial charge in [-0.3, -0.25) is 4.79 Å². The van der Waals surface area contributed by atoms with E-state index in [2.05, 4.69) is 49.3 Å². The van der Waals surface area contributed by atoms with Gasteiger partial charge in [-0.15, -0.1) is 0 Å². The van der Waals surface area contributed by atoms with E-state index in [0.717, 1.165) is 18.1 Å². The van der Waals surface area contributed by atoms with Crippen LogP contribution in [-0.4, -0.2) is 23.2 Å². The molecule has 2 heterocycles. The van der Waals surface area contributed by atoms with Crippen LogP contribution in [0.15, 0.2) is 41.1 Å². The smallest absolute Gasteiger partial charge is 0.231 e. The number of anilines is 1. The van der Waals surface area contributed by atoms with E-state index in [1.165, 1.54) is 41.3 Å². The maximum Gasteiger partial charge on any atom is 0.231 e. The molecular formula is C23H30FN2OP. The van der Waals surface area contributed by atoms with Gasteiger partial charge in [0.15, 0.2) is 0 Å². The summed E-state index contributed by atoms with van der Waals surface area (Å²) in [5.74, 6) is -0.211. The predicted molar refractivity (Wildman–Crippen MR) is 118 cm³/mol. The van der Waals surface area contributed by atoms with Crippen molar-refractivity contribution in [3.63, 3.8) is 0 Å². The fourth-order valence-electron chi connectivity index (χ4n) is 3.55. The van der Waals surface area contributed by atoms with Gasteiger partial charge in [-0.2, -0.15) is 0 Å². The van der Waals surface area contributed by atoms with E-state index in [0.29, 0.717) is 20.8 Å². The highest BCUT2D eigenvalue weighted by molar-refractivity contribution is 7.47. The van der Waals surface area contributed by atoms with E-state index in [1.54, 1.807) is 0 Å². The number of nitrogens with zero attached hydrogens (tertiary/aromatic N) is 1. The summed E-state index contributed by atoms with van der Waals surface area (Å²) in [6.07, 6.45) is 13.9. The maximum absolute atomic E-state index is 13.0. The zero-order valence-corrected chi connectivity index (χ0v) is 18.0. The molecule has 1 N–H and O–H groups in total. The van der Waals surface area contributed by atoms with E-state index < -0.39 is 12.1 Å². The summed E-state index contributed by atoms with van der Waals surface area (Å²) in [5, 5.41) is 3.96. The zero-order chi connectivity index (χ0) is 20.1. The van der Waals surface area contributed by atoms with Crippen molar-refractivity contribution < 1.29 is 9.18 Å². The molecule has 150 valence electrons. The van der Waals surface area contributed by atoms with Crippen LogP contribution in [0.25, 0.3) is 6.08 Å². The third-order valence-corrected chi connectivity index (χ3v) is 6.72. The number of hydrogen-bond donors (Lipinski definition) is 1. The highest BCUT2D eigenvalue weighted by atomic mass is 31.1. The first-order valence-electron chi connectivity index (χ1n) is 10.3. The molecule has 3 atom stereocenters. The molecule has 1 aromatic heterocycles. The van der Waals surface area contributed by atoms with Crippen LogP contribution >= 0.6 is 8.58 Å². The van der Waals surface area contributed by atoms with E-state index in [9.17, 15) is 9.18 Å². The van der Waals surface area contributed by atoms with Crippen LogP contribution in [0, 0.1) is 5.92 Å². The summed E-state index contributed by atoms with van der Waals surface area (Å²) in [5.41, 5.74) is 5.15. The number of nitrogens with one attached hydrogen (secondary N) is 1. The molecule has 1 amide bonds. The summed E-state index contributed by atoms with van der Waals surface area (Å²) in [4.78, 5) is 16.3.